The molecule has 0 amide bonds. The average molecular weight is 145 g/mol. The molecule has 1 radical (unpaired) electrons. The van der Waals surface area contributed by atoms with E-state index >= 15 is 0 Å². The van der Waals surface area contributed by atoms with Gasteiger partial charge in [-0.2, -0.15) is 0 Å². The van der Waals surface area contributed by atoms with Crippen molar-refractivity contribution in [2.24, 2.45) is 0 Å². The van der Waals surface area contributed by atoms with Gasteiger partial charge < -0.3 is 4.74 Å². The maximum absolute atomic E-state index is 10.3. The molecule has 2 heteroatoms. The maximum atomic E-state index is 10.3. The second-order valence-corrected chi connectivity index (χ2v) is 2.42. The van der Waals surface area contributed by atoms with Gasteiger partial charge in [0.2, 0.25) is 0 Å². The Morgan fingerprint density at radius 3 is 2.50 bits per heavy atom. The zero-order chi connectivity index (χ0) is 7.82. The number of ether oxygens (including phenoxy) is 1. The molecule has 0 spiro atoms. The van der Waals surface area contributed by atoms with Gasteiger partial charge in [-0.05, 0) is 12.8 Å². The van der Waals surface area contributed by atoms with Crippen LogP contribution in [-0.4, -0.2) is 19.3 Å². The molecule has 0 aromatic heterocycles. The van der Waals surface area contributed by atoms with E-state index in [0.717, 1.165) is 25.9 Å². The molecule has 0 heterocycles. The normalized spacial score (nSPS) is 13.5. The summed E-state index contributed by atoms with van der Waals surface area (Å²) in [7, 11) is 0. The molecule has 0 bridgehead atoms. The Bertz CT molecular complexity index is 60.3. The first-order valence-electron chi connectivity index (χ1n) is 4.04. The van der Waals surface area contributed by atoms with Crippen LogP contribution in [0.4, 0.5) is 0 Å². The Labute approximate surface area is 63.2 Å². The first-order valence-corrected chi connectivity index (χ1v) is 4.04. The monoisotopic (exact) mass is 145 g/mol. The van der Waals surface area contributed by atoms with E-state index in [-0.39, 0.29) is 12.7 Å². The first kappa shape index (κ1) is 9.92. The highest BCUT2D eigenvalue weighted by atomic mass is 16.5. The summed E-state index contributed by atoms with van der Waals surface area (Å²) in [6, 6.07) is 0. The summed E-state index contributed by atoms with van der Waals surface area (Å²) in [6.07, 6.45) is 2.99. The van der Waals surface area contributed by atoms with Gasteiger partial charge in [-0.25, -0.2) is 5.11 Å². The fourth-order valence-electron chi connectivity index (χ4n) is 0.678. The predicted octanol–water partition coefficient (Wildman–Crippen LogP) is 2.01. The van der Waals surface area contributed by atoms with Gasteiger partial charge in [0.1, 0.15) is 6.61 Å². The minimum Gasteiger partial charge on any atom is -0.376 e. The largest absolute Gasteiger partial charge is 0.376 e. The molecule has 0 aliphatic heterocycles. The van der Waals surface area contributed by atoms with Crippen LogP contribution < -0.4 is 0 Å². The fraction of sp³-hybridized carbons (Fsp3) is 1.00. The molecular weight excluding hydrogens is 128 g/mol. The van der Waals surface area contributed by atoms with E-state index in [0.29, 0.717) is 0 Å². The van der Waals surface area contributed by atoms with Crippen LogP contribution in [0.2, 0.25) is 0 Å². The quantitative estimate of drug-likeness (QED) is 0.526. The highest BCUT2D eigenvalue weighted by Crippen LogP contribution is 1.98. The number of rotatable bonds is 6. The Kier molecular flexibility index (Phi) is 6.98. The van der Waals surface area contributed by atoms with E-state index in [1.165, 1.54) is 0 Å². The van der Waals surface area contributed by atoms with Crippen LogP contribution >= 0.6 is 0 Å². The number of hydrogen-bond acceptors (Lipinski definition) is 1. The van der Waals surface area contributed by atoms with Crippen LogP contribution in [0.1, 0.15) is 33.1 Å². The van der Waals surface area contributed by atoms with E-state index in [9.17, 15) is 5.11 Å². The van der Waals surface area contributed by atoms with Crippen molar-refractivity contribution in [2.45, 2.75) is 39.2 Å². The second kappa shape index (κ2) is 7.03. The van der Waals surface area contributed by atoms with E-state index in [2.05, 4.69) is 6.92 Å². The van der Waals surface area contributed by atoms with Gasteiger partial charge in [0, 0.05) is 6.61 Å². The van der Waals surface area contributed by atoms with Crippen LogP contribution in [0.5, 0.6) is 0 Å². The smallest absolute Gasteiger partial charge is 0.108 e. The Morgan fingerprint density at radius 2 is 2.10 bits per heavy atom. The van der Waals surface area contributed by atoms with Crippen LogP contribution in [-0.2, 0) is 9.84 Å². The van der Waals surface area contributed by atoms with Crippen molar-refractivity contribution in [1.29, 1.82) is 0 Å². The van der Waals surface area contributed by atoms with Gasteiger partial charge in [0.05, 0.1) is 6.10 Å². The summed E-state index contributed by atoms with van der Waals surface area (Å²) >= 11 is 0. The van der Waals surface area contributed by atoms with Gasteiger partial charge in [-0.15, -0.1) is 0 Å². The third-order valence-electron chi connectivity index (χ3n) is 1.49. The highest BCUT2D eigenvalue weighted by Gasteiger charge is 2.03. The van der Waals surface area contributed by atoms with Crippen molar-refractivity contribution in [3.05, 3.63) is 0 Å². The summed E-state index contributed by atoms with van der Waals surface area (Å²) in [4.78, 5) is 0. The van der Waals surface area contributed by atoms with E-state index in [1.54, 1.807) is 0 Å². The summed E-state index contributed by atoms with van der Waals surface area (Å²) in [6.45, 7) is 4.74. The predicted molar refractivity (Wildman–Crippen MR) is 40.5 cm³/mol. The van der Waals surface area contributed by atoms with Crippen molar-refractivity contribution >= 4 is 0 Å². The van der Waals surface area contributed by atoms with Gasteiger partial charge in [-0.3, -0.25) is 0 Å². The van der Waals surface area contributed by atoms with Crippen LogP contribution in [0.15, 0.2) is 0 Å². The highest BCUT2D eigenvalue weighted by molar-refractivity contribution is 4.50. The van der Waals surface area contributed by atoms with Gasteiger partial charge in [0.15, 0.2) is 0 Å². The van der Waals surface area contributed by atoms with Gasteiger partial charge in [-0.1, -0.05) is 20.3 Å². The molecule has 10 heavy (non-hydrogen) atoms. The molecule has 1 atom stereocenters. The van der Waals surface area contributed by atoms with Gasteiger partial charge >= 0.3 is 0 Å². The molecule has 0 N–H and O–H groups in total. The summed E-state index contributed by atoms with van der Waals surface area (Å²) in [5.74, 6) is 0. The van der Waals surface area contributed by atoms with Crippen molar-refractivity contribution in [3.63, 3.8) is 0 Å². The average Bonchev–Trinajstić information content (AvgIpc) is 1.99. The van der Waals surface area contributed by atoms with Crippen molar-refractivity contribution in [3.8, 4) is 0 Å². The number of unbranched alkanes of at least 4 members (excludes halogenated alkanes) is 1. The third-order valence-corrected chi connectivity index (χ3v) is 1.49. The topological polar surface area (TPSA) is 29.1 Å². The molecule has 0 aliphatic carbocycles. The van der Waals surface area contributed by atoms with E-state index in [4.69, 9.17) is 4.74 Å². The number of hydrogen-bond donors (Lipinski definition) is 0. The lowest BCUT2D eigenvalue weighted by Gasteiger charge is -2.10. The first-order chi connectivity index (χ1) is 4.85. The van der Waals surface area contributed by atoms with Gasteiger partial charge in [0.25, 0.3) is 0 Å². The molecule has 0 saturated heterocycles. The molecule has 0 aliphatic rings. The minimum absolute atomic E-state index is 0.0495. The lowest BCUT2D eigenvalue weighted by molar-refractivity contribution is -0.0113. The molecule has 0 aromatic carbocycles. The molecular formula is C8H17O2. The fourth-order valence-corrected chi connectivity index (χ4v) is 0.678. The molecule has 0 aromatic rings. The SMILES string of the molecule is CCCCOC(CC)C[O]. The summed E-state index contributed by atoms with van der Waals surface area (Å²) in [5.41, 5.74) is 0. The Hall–Kier alpha value is -0.0800. The lowest BCUT2D eigenvalue weighted by Crippen LogP contribution is -2.16. The van der Waals surface area contributed by atoms with Crippen LogP contribution in [0.3, 0.4) is 0 Å². The summed E-state index contributed by atoms with van der Waals surface area (Å²) in [5, 5.41) is 10.3. The van der Waals surface area contributed by atoms with E-state index in [1.807, 2.05) is 6.92 Å². The molecule has 61 valence electrons. The molecule has 0 fully saturated rings. The molecule has 0 saturated carbocycles. The minimum atomic E-state index is -0.0970. The standard InChI is InChI=1S/C8H17O2/c1-3-5-6-10-8(4-2)7-9/h8H,3-7H2,1-2H3. The zero-order valence-electron chi connectivity index (χ0n) is 6.93. The Balaban J connectivity index is 3.09. The van der Waals surface area contributed by atoms with E-state index < -0.39 is 0 Å². The molecule has 1 unspecified atom stereocenters. The van der Waals surface area contributed by atoms with Crippen molar-refractivity contribution in [2.75, 3.05) is 13.2 Å². The lowest BCUT2D eigenvalue weighted by atomic mass is 10.3. The van der Waals surface area contributed by atoms with Crippen LogP contribution in [0, 0.1) is 0 Å². The molecule has 0 rings (SSSR count). The van der Waals surface area contributed by atoms with Crippen molar-refractivity contribution in [1.82, 2.24) is 0 Å². The second-order valence-electron chi connectivity index (χ2n) is 2.42. The summed E-state index contributed by atoms with van der Waals surface area (Å²) < 4.78 is 5.27. The van der Waals surface area contributed by atoms with Crippen LogP contribution in [0.25, 0.3) is 0 Å². The van der Waals surface area contributed by atoms with Crippen molar-refractivity contribution < 1.29 is 9.84 Å². The third kappa shape index (κ3) is 4.77. The maximum Gasteiger partial charge on any atom is 0.108 e. The zero-order valence-corrected chi connectivity index (χ0v) is 6.93. The molecule has 2 nitrogen and oxygen atoms in total. The Morgan fingerprint density at radius 1 is 1.40 bits per heavy atom.